The van der Waals surface area contributed by atoms with Gasteiger partial charge < -0.3 is 25.0 Å². The molecule has 126 valence electrons. The third-order valence-electron chi connectivity index (χ3n) is 2.70. The van der Waals surface area contributed by atoms with Gasteiger partial charge in [-0.3, -0.25) is 0 Å². The number of alkyl halides is 3. The molecule has 0 aromatic heterocycles. The predicted molar refractivity (Wildman–Crippen MR) is 82.0 cm³/mol. The summed E-state index contributed by atoms with van der Waals surface area (Å²) in [5.41, 5.74) is -0.979. The first-order chi connectivity index (χ1) is 9.78. The SMILES string of the molecule is CCCCOCC(CO)(CO)CNC(=O)OCC(Cl)(Cl)Cl. The normalized spacial score (nSPS) is 12.3. The maximum atomic E-state index is 11.4. The van der Waals surface area contributed by atoms with Crippen LogP contribution in [0.2, 0.25) is 0 Å². The van der Waals surface area contributed by atoms with Crippen LogP contribution in [-0.2, 0) is 9.47 Å². The maximum Gasteiger partial charge on any atom is 0.407 e. The lowest BCUT2D eigenvalue weighted by atomic mass is 9.91. The Bertz CT molecular complexity index is 295. The minimum atomic E-state index is -1.69. The van der Waals surface area contributed by atoms with Crippen molar-refractivity contribution in [1.29, 1.82) is 0 Å². The van der Waals surface area contributed by atoms with E-state index in [1.807, 2.05) is 6.92 Å². The van der Waals surface area contributed by atoms with Crippen molar-refractivity contribution in [1.82, 2.24) is 5.32 Å². The van der Waals surface area contributed by atoms with Gasteiger partial charge in [-0.1, -0.05) is 48.1 Å². The molecule has 0 bridgehead atoms. The lowest BCUT2D eigenvalue weighted by Crippen LogP contribution is -2.46. The van der Waals surface area contributed by atoms with Gasteiger partial charge in [-0.25, -0.2) is 4.79 Å². The second-order valence-corrected chi connectivity index (χ2v) is 7.28. The highest BCUT2D eigenvalue weighted by Crippen LogP contribution is 2.25. The van der Waals surface area contributed by atoms with E-state index >= 15 is 0 Å². The molecule has 3 N–H and O–H groups in total. The maximum absolute atomic E-state index is 11.4. The fourth-order valence-corrected chi connectivity index (χ4v) is 1.46. The van der Waals surface area contributed by atoms with E-state index in [0.717, 1.165) is 12.8 Å². The largest absolute Gasteiger partial charge is 0.445 e. The summed E-state index contributed by atoms with van der Waals surface area (Å²) in [5, 5.41) is 21.2. The number of nitrogens with one attached hydrogen (secondary N) is 1. The van der Waals surface area contributed by atoms with E-state index in [-0.39, 0.29) is 26.4 Å². The Morgan fingerprint density at radius 2 is 1.81 bits per heavy atom. The zero-order valence-electron chi connectivity index (χ0n) is 11.9. The van der Waals surface area contributed by atoms with Crippen LogP contribution in [0.15, 0.2) is 0 Å². The minimum absolute atomic E-state index is 0.0230. The van der Waals surface area contributed by atoms with Gasteiger partial charge in [0, 0.05) is 13.2 Å². The van der Waals surface area contributed by atoms with Gasteiger partial charge >= 0.3 is 6.09 Å². The van der Waals surface area contributed by atoms with Gasteiger partial charge in [-0.2, -0.15) is 0 Å². The third-order valence-corrected chi connectivity index (χ3v) is 3.02. The third kappa shape index (κ3) is 10.4. The molecule has 0 fully saturated rings. The Morgan fingerprint density at radius 3 is 2.29 bits per heavy atom. The van der Waals surface area contributed by atoms with Crippen LogP contribution < -0.4 is 5.32 Å². The molecule has 0 saturated carbocycles. The molecule has 1 amide bonds. The number of rotatable bonds is 10. The number of carbonyl (C=O) groups excluding carboxylic acids is 1. The Morgan fingerprint density at radius 1 is 1.19 bits per heavy atom. The van der Waals surface area contributed by atoms with Gasteiger partial charge in [0.15, 0.2) is 0 Å². The molecule has 0 atom stereocenters. The molecule has 0 unspecified atom stereocenters. The second-order valence-electron chi connectivity index (χ2n) is 4.77. The second kappa shape index (κ2) is 10.7. The van der Waals surface area contributed by atoms with E-state index in [0.29, 0.717) is 6.61 Å². The molecule has 21 heavy (non-hydrogen) atoms. The average Bonchev–Trinajstić information content (AvgIpc) is 2.44. The van der Waals surface area contributed by atoms with Gasteiger partial charge in [-0.15, -0.1) is 0 Å². The highest BCUT2D eigenvalue weighted by atomic mass is 35.6. The highest BCUT2D eigenvalue weighted by Gasteiger charge is 2.30. The molecule has 0 aliphatic rings. The summed E-state index contributed by atoms with van der Waals surface area (Å²) >= 11 is 16.3. The number of hydrogen-bond donors (Lipinski definition) is 3. The molecule has 0 aliphatic carbocycles. The number of aliphatic hydroxyl groups is 2. The van der Waals surface area contributed by atoms with Gasteiger partial charge in [0.25, 0.3) is 0 Å². The predicted octanol–water partition coefficient (Wildman–Crippen LogP) is 1.87. The zero-order valence-corrected chi connectivity index (χ0v) is 14.2. The van der Waals surface area contributed by atoms with Crippen molar-refractivity contribution in [3.63, 3.8) is 0 Å². The highest BCUT2D eigenvalue weighted by molar-refractivity contribution is 6.67. The first kappa shape index (κ1) is 21.0. The van der Waals surface area contributed by atoms with Crippen LogP contribution in [0, 0.1) is 5.41 Å². The molecular weight excluding hydrogens is 344 g/mol. The number of carbonyl (C=O) groups is 1. The van der Waals surface area contributed by atoms with E-state index in [2.05, 4.69) is 10.1 Å². The number of alkyl carbamates (subject to hydrolysis) is 1. The monoisotopic (exact) mass is 365 g/mol. The van der Waals surface area contributed by atoms with Crippen LogP contribution in [0.3, 0.4) is 0 Å². The number of amides is 1. The Kier molecular flexibility index (Phi) is 10.7. The summed E-state index contributed by atoms with van der Waals surface area (Å²) in [6, 6.07) is 0. The van der Waals surface area contributed by atoms with Crippen molar-refractivity contribution < 1.29 is 24.5 Å². The van der Waals surface area contributed by atoms with Crippen LogP contribution in [-0.4, -0.2) is 59.7 Å². The molecule has 0 rings (SSSR count). The Hall–Kier alpha value is 0.0200. The van der Waals surface area contributed by atoms with Crippen LogP contribution in [0.5, 0.6) is 0 Å². The number of unbranched alkanes of at least 4 members (excludes halogenated alkanes) is 1. The topological polar surface area (TPSA) is 88.0 Å². The number of aliphatic hydroxyl groups excluding tert-OH is 2. The van der Waals surface area contributed by atoms with Crippen molar-refractivity contribution in [2.75, 3.05) is 39.6 Å². The summed E-state index contributed by atoms with van der Waals surface area (Å²) in [6.45, 7) is 1.55. The molecule has 0 aromatic carbocycles. The molecule has 0 heterocycles. The lowest BCUT2D eigenvalue weighted by Gasteiger charge is -2.29. The first-order valence-electron chi connectivity index (χ1n) is 6.55. The fraction of sp³-hybridized carbons (Fsp3) is 0.917. The standard InChI is InChI=1S/C12H22Cl3NO5/c1-2-3-4-20-8-11(6-17,7-18)5-16-10(19)21-9-12(13,14)15/h17-18H,2-9H2,1H3,(H,16,19). The van der Waals surface area contributed by atoms with Crippen LogP contribution in [0.1, 0.15) is 19.8 Å². The quantitative estimate of drug-likeness (QED) is 0.406. The van der Waals surface area contributed by atoms with E-state index in [4.69, 9.17) is 39.5 Å². The summed E-state index contributed by atoms with van der Waals surface area (Å²) in [4.78, 5) is 11.4. The van der Waals surface area contributed by atoms with Crippen LogP contribution >= 0.6 is 34.8 Å². The zero-order chi connectivity index (χ0) is 16.4. The molecule has 0 saturated heterocycles. The van der Waals surface area contributed by atoms with Gasteiger partial charge in [0.1, 0.15) is 6.61 Å². The average molecular weight is 367 g/mol. The Balaban J connectivity index is 4.20. The summed E-state index contributed by atoms with van der Waals surface area (Å²) in [7, 11) is 0. The van der Waals surface area contributed by atoms with E-state index < -0.39 is 21.9 Å². The molecule has 6 nitrogen and oxygen atoms in total. The lowest BCUT2D eigenvalue weighted by molar-refractivity contribution is -0.0269. The minimum Gasteiger partial charge on any atom is -0.445 e. The number of halogens is 3. The smallest absolute Gasteiger partial charge is 0.407 e. The van der Waals surface area contributed by atoms with Crippen LogP contribution in [0.4, 0.5) is 4.79 Å². The van der Waals surface area contributed by atoms with Crippen molar-refractivity contribution in [2.45, 2.75) is 23.6 Å². The molecule has 0 aliphatic heterocycles. The summed E-state index contributed by atoms with van der Waals surface area (Å²) < 4.78 is 8.39. The number of ether oxygens (including phenoxy) is 2. The molecule has 0 spiro atoms. The Labute approximate surface area is 139 Å². The fourth-order valence-electron chi connectivity index (χ4n) is 1.30. The van der Waals surface area contributed by atoms with Crippen molar-refractivity contribution >= 4 is 40.9 Å². The van der Waals surface area contributed by atoms with E-state index in [1.54, 1.807) is 0 Å². The van der Waals surface area contributed by atoms with E-state index in [9.17, 15) is 15.0 Å². The van der Waals surface area contributed by atoms with Crippen molar-refractivity contribution in [2.24, 2.45) is 5.41 Å². The van der Waals surface area contributed by atoms with Gasteiger partial charge in [0.05, 0.1) is 25.2 Å². The molecule has 0 aromatic rings. The van der Waals surface area contributed by atoms with Gasteiger partial charge in [-0.05, 0) is 6.42 Å². The van der Waals surface area contributed by atoms with Crippen LogP contribution in [0.25, 0.3) is 0 Å². The molecule has 0 radical (unpaired) electrons. The van der Waals surface area contributed by atoms with Crippen molar-refractivity contribution in [3.8, 4) is 0 Å². The summed E-state index contributed by atoms with van der Waals surface area (Å²) in [6.07, 6.45) is 1.06. The van der Waals surface area contributed by atoms with Gasteiger partial charge in [0.2, 0.25) is 3.79 Å². The number of hydrogen-bond acceptors (Lipinski definition) is 5. The van der Waals surface area contributed by atoms with Crippen molar-refractivity contribution in [3.05, 3.63) is 0 Å². The first-order valence-corrected chi connectivity index (χ1v) is 7.69. The molecule has 9 heteroatoms. The molecular formula is C12H22Cl3NO5. The summed E-state index contributed by atoms with van der Waals surface area (Å²) in [5.74, 6) is 0. The van der Waals surface area contributed by atoms with E-state index in [1.165, 1.54) is 0 Å².